The lowest BCUT2D eigenvalue weighted by Crippen LogP contribution is -2.26. The molecule has 1 N–H and O–H groups in total. The van der Waals surface area contributed by atoms with Gasteiger partial charge in [0.2, 0.25) is 15.9 Å². The first-order chi connectivity index (χ1) is 14.5. The van der Waals surface area contributed by atoms with Gasteiger partial charge in [0.1, 0.15) is 12.0 Å². The number of rotatable bonds is 7. The fourth-order valence-corrected chi connectivity index (χ4v) is 4.43. The second-order valence-electron chi connectivity index (χ2n) is 6.80. The number of hydrogen-bond donors (Lipinski definition) is 1. The molecule has 2 aromatic carbocycles. The van der Waals surface area contributed by atoms with Gasteiger partial charge in [0.15, 0.2) is 0 Å². The second-order valence-corrected chi connectivity index (χ2v) is 8.54. The number of methoxy groups -OCH3 is 1. The molecule has 2 heterocycles. The zero-order valence-electron chi connectivity index (χ0n) is 16.6. The normalized spacial score (nSPS) is 11.7. The molecule has 0 amide bonds. The Morgan fingerprint density at radius 3 is 2.67 bits per heavy atom. The van der Waals surface area contributed by atoms with Crippen LogP contribution < -0.4 is 9.46 Å². The van der Waals surface area contributed by atoms with E-state index in [2.05, 4.69) is 14.7 Å². The number of aryl methyl sites for hydroxylation is 1. The molecule has 0 fully saturated rings. The topological polar surface area (TPSA) is 94.3 Å². The monoisotopic (exact) mass is 423 g/mol. The molecule has 0 spiro atoms. The third-order valence-electron chi connectivity index (χ3n) is 4.78. The Morgan fingerprint density at radius 2 is 1.90 bits per heavy atom. The van der Waals surface area contributed by atoms with Crippen LogP contribution in [-0.2, 0) is 16.4 Å². The Bertz CT molecular complexity index is 1280. The van der Waals surface area contributed by atoms with Crippen LogP contribution in [0.25, 0.3) is 22.4 Å². The average Bonchev–Trinajstić information content (AvgIpc) is 3.23. The molecular formula is C22H21N3O4S. The van der Waals surface area contributed by atoms with E-state index in [0.717, 1.165) is 16.9 Å². The molecule has 0 aliphatic heterocycles. The Hall–Kier alpha value is -3.23. The van der Waals surface area contributed by atoms with Crippen molar-refractivity contribution in [1.29, 1.82) is 0 Å². The van der Waals surface area contributed by atoms with Crippen LogP contribution in [0.15, 0.2) is 70.3 Å². The zero-order chi connectivity index (χ0) is 21.1. The number of benzene rings is 2. The van der Waals surface area contributed by atoms with Gasteiger partial charge in [0.05, 0.1) is 23.2 Å². The van der Waals surface area contributed by atoms with E-state index in [-0.39, 0.29) is 11.4 Å². The van der Waals surface area contributed by atoms with E-state index in [1.807, 2.05) is 31.2 Å². The zero-order valence-corrected chi connectivity index (χ0v) is 17.4. The summed E-state index contributed by atoms with van der Waals surface area (Å²) in [6.45, 7) is 2.11. The van der Waals surface area contributed by atoms with E-state index in [1.54, 1.807) is 43.8 Å². The summed E-state index contributed by atoms with van der Waals surface area (Å²) in [4.78, 5) is 8.96. The van der Waals surface area contributed by atoms with Crippen LogP contribution >= 0.6 is 0 Å². The van der Waals surface area contributed by atoms with E-state index >= 15 is 0 Å². The van der Waals surface area contributed by atoms with Gasteiger partial charge in [-0.05, 0) is 55.0 Å². The number of aromatic nitrogens is 2. The van der Waals surface area contributed by atoms with Crippen molar-refractivity contribution < 1.29 is 17.6 Å². The van der Waals surface area contributed by atoms with Crippen LogP contribution in [0.5, 0.6) is 5.75 Å². The van der Waals surface area contributed by atoms with E-state index in [4.69, 9.17) is 9.15 Å². The minimum Gasteiger partial charge on any atom is -0.497 e. The number of nitrogens with one attached hydrogen (secondary N) is 1. The van der Waals surface area contributed by atoms with Crippen LogP contribution in [-0.4, -0.2) is 32.0 Å². The van der Waals surface area contributed by atoms with Crippen molar-refractivity contribution in [2.75, 3.05) is 13.7 Å². The van der Waals surface area contributed by atoms with Gasteiger partial charge in [-0.15, -0.1) is 0 Å². The predicted molar refractivity (Wildman–Crippen MR) is 114 cm³/mol. The number of oxazole rings is 1. The Balaban J connectivity index is 1.45. The highest BCUT2D eigenvalue weighted by Crippen LogP contribution is 2.24. The summed E-state index contributed by atoms with van der Waals surface area (Å²) in [6, 6.07) is 14.2. The van der Waals surface area contributed by atoms with Crippen molar-refractivity contribution in [3.63, 3.8) is 0 Å². The summed E-state index contributed by atoms with van der Waals surface area (Å²) in [5.41, 5.74) is 3.10. The number of ether oxygens (including phenoxy) is 1. The number of hydrogen-bond acceptors (Lipinski definition) is 6. The number of pyridine rings is 1. The maximum Gasteiger partial charge on any atom is 0.241 e. The smallest absolute Gasteiger partial charge is 0.241 e. The minimum atomic E-state index is -3.69. The van der Waals surface area contributed by atoms with Gasteiger partial charge >= 0.3 is 0 Å². The van der Waals surface area contributed by atoms with Crippen molar-refractivity contribution in [2.45, 2.75) is 18.2 Å². The molecule has 4 rings (SSSR count). The lowest BCUT2D eigenvalue weighted by Gasteiger charge is -2.10. The first-order valence-corrected chi connectivity index (χ1v) is 10.9. The molecule has 0 radical (unpaired) electrons. The largest absolute Gasteiger partial charge is 0.497 e. The van der Waals surface area contributed by atoms with E-state index in [1.165, 1.54) is 0 Å². The molecule has 0 unspecified atom stereocenters. The average molecular weight is 423 g/mol. The molecule has 0 aliphatic carbocycles. The minimum absolute atomic E-state index is 0.201. The molecule has 8 heteroatoms. The van der Waals surface area contributed by atoms with Crippen LogP contribution in [0.3, 0.4) is 0 Å². The van der Waals surface area contributed by atoms with Crippen molar-refractivity contribution in [3.05, 3.63) is 72.2 Å². The third kappa shape index (κ3) is 4.05. The quantitative estimate of drug-likeness (QED) is 0.487. The third-order valence-corrected chi connectivity index (χ3v) is 6.30. The molecule has 2 aromatic heterocycles. The van der Waals surface area contributed by atoms with Gasteiger partial charge in [-0.3, -0.25) is 4.98 Å². The second kappa shape index (κ2) is 8.25. The van der Waals surface area contributed by atoms with Gasteiger partial charge in [0.25, 0.3) is 0 Å². The number of sulfonamides is 1. The Morgan fingerprint density at radius 1 is 1.10 bits per heavy atom. The van der Waals surface area contributed by atoms with Gasteiger partial charge in [-0.1, -0.05) is 6.07 Å². The Kier molecular flexibility index (Phi) is 5.52. The highest BCUT2D eigenvalue weighted by molar-refractivity contribution is 7.89. The van der Waals surface area contributed by atoms with Crippen LogP contribution in [0, 0.1) is 6.92 Å². The molecule has 0 bridgehead atoms. The molecule has 7 nitrogen and oxygen atoms in total. The molecule has 0 saturated carbocycles. The van der Waals surface area contributed by atoms with E-state index in [9.17, 15) is 8.42 Å². The fourth-order valence-electron chi connectivity index (χ4n) is 3.20. The summed E-state index contributed by atoms with van der Waals surface area (Å²) in [5, 5.41) is 0.605. The SMILES string of the molecule is COc1ccc(-c2nc(CCNS(=O)(=O)c3ccc(C)c4ncccc34)co2)cc1. The van der Waals surface area contributed by atoms with Gasteiger partial charge in [0, 0.05) is 30.1 Å². The van der Waals surface area contributed by atoms with Crippen molar-refractivity contribution in [3.8, 4) is 17.2 Å². The van der Waals surface area contributed by atoms with Gasteiger partial charge in [-0.2, -0.15) is 0 Å². The number of nitrogens with zero attached hydrogens (tertiary/aromatic N) is 2. The highest BCUT2D eigenvalue weighted by atomic mass is 32.2. The van der Waals surface area contributed by atoms with Crippen LogP contribution in [0.1, 0.15) is 11.3 Å². The van der Waals surface area contributed by atoms with Crippen molar-refractivity contribution in [2.24, 2.45) is 0 Å². The predicted octanol–water partition coefficient (Wildman–Crippen LogP) is 3.73. The van der Waals surface area contributed by atoms with E-state index in [0.29, 0.717) is 28.9 Å². The molecule has 4 aromatic rings. The summed E-state index contributed by atoms with van der Waals surface area (Å²) in [5.74, 6) is 1.23. The fraction of sp³-hybridized carbons (Fsp3) is 0.182. The van der Waals surface area contributed by atoms with Crippen LogP contribution in [0.2, 0.25) is 0 Å². The lowest BCUT2D eigenvalue weighted by atomic mass is 10.1. The molecule has 0 aliphatic rings. The molecule has 154 valence electrons. The summed E-state index contributed by atoms with van der Waals surface area (Å²) < 4.78 is 39.0. The highest BCUT2D eigenvalue weighted by Gasteiger charge is 2.18. The Labute approximate surface area is 174 Å². The van der Waals surface area contributed by atoms with Crippen LogP contribution in [0.4, 0.5) is 0 Å². The summed E-state index contributed by atoms with van der Waals surface area (Å²) in [6.07, 6.45) is 3.60. The first kappa shape index (κ1) is 20.1. The molecular weight excluding hydrogens is 402 g/mol. The van der Waals surface area contributed by atoms with Gasteiger partial charge < -0.3 is 9.15 Å². The molecule has 30 heavy (non-hydrogen) atoms. The summed E-state index contributed by atoms with van der Waals surface area (Å²) >= 11 is 0. The van der Waals surface area contributed by atoms with Gasteiger partial charge in [-0.25, -0.2) is 18.1 Å². The maximum atomic E-state index is 12.8. The van der Waals surface area contributed by atoms with Crippen molar-refractivity contribution >= 4 is 20.9 Å². The maximum absolute atomic E-state index is 12.8. The molecule has 0 saturated heterocycles. The molecule has 0 atom stereocenters. The number of fused-ring (bicyclic) bond motifs is 1. The standard InChI is InChI=1S/C22H21N3O4S/c1-15-5-10-20(19-4-3-12-23-21(15)19)30(26,27)24-13-11-17-14-29-22(25-17)16-6-8-18(28-2)9-7-16/h3-10,12,14,24H,11,13H2,1-2H3. The summed E-state index contributed by atoms with van der Waals surface area (Å²) in [7, 11) is -2.08. The lowest BCUT2D eigenvalue weighted by molar-refractivity contribution is 0.415. The van der Waals surface area contributed by atoms with E-state index < -0.39 is 10.0 Å². The van der Waals surface area contributed by atoms with Crippen molar-refractivity contribution in [1.82, 2.24) is 14.7 Å². The first-order valence-electron chi connectivity index (χ1n) is 9.41.